The molecule has 0 nitrogen and oxygen atoms in total. The van der Waals surface area contributed by atoms with Crippen LogP contribution in [0.1, 0.15) is 30.7 Å². The molecule has 4 heteroatoms. The number of hydrogen-bond donors (Lipinski definition) is 0. The van der Waals surface area contributed by atoms with Gasteiger partial charge >= 0.3 is 207 Å². The van der Waals surface area contributed by atoms with Crippen LogP contribution in [-0.4, -0.2) is 6.66 Å². The Morgan fingerprint density at radius 3 is 2.17 bits per heavy atom. The van der Waals surface area contributed by atoms with Crippen LogP contribution in [0.25, 0.3) is 34.4 Å². The van der Waals surface area contributed by atoms with Crippen molar-refractivity contribution in [1.82, 2.24) is 0 Å². The van der Waals surface area contributed by atoms with Gasteiger partial charge in [-0.2, -0.15) is 0 Å². The van der Waals surface area contributed by atoms with Crippen molar-refractivity contribution < 1.29 is 44.0 Å². The predicted octanol–water partition coefficient (Wildman–Crippen LogP) is 2.03. The van der Waals surface area contributed by atoms with Crippen molar-refractivity contribution in [3.05, 3.63) is 125 Å². The Hall–Kier alpha value is -1.92. The van der Waals surface area contributed by atoms with Crippen LogP contribution in [0, 0.1) is 0 Å². The second-order valence-electron chi connectivity index (χ2n) is 9.06. The first-order chi connectivity index (χ1) is 16.3. The van der Waals surface area contributed by atoms with Gasteiger partial charge in [0.2, 0.25) is 0 Å². The molecule has 1 heterocycles. The van der Waals surface area contributed by atoms with Crippen LogP contribution in [-0.2, 0) is 19.2 Å². The maximum atomic E-state index is 2.57. The Labute approximate surface area is 230 Å². The van der Waals surface area contributed by atoms with Crippen LogP contribution in [0.4, 0.5) is 0 Å². The van der Waals surface area contributed by atoms with Gasteiger partial charge in [-0.15, -0.1) is 0 Å². The molecular weight excluding hydrogens is 522 g/mol. The summed E-state index contributed by atoms with van der Waals surface area (Å²) in [5, 5.41) is 3.26. The van der Waals surface area contributed by atoms with Gasteiger partial charge in [-0.1, -0.05) is 0 Å². The SMILES string of the molecule is CP1C2=Cc3c(cccc3[CH]2[Ti+2][CH]2C=Cc3c(-c4ccccc4)cccc32)-c2ccccc21.[Cl-].[Cl-]. The van der Waals surface area contributed by atoms with Gasteiger partial charge < -0.3 is 24.8 Å². The Morgan fingerprint density at radius 1 is 0.657 bits per heavy atom. The van der Waals surface area contributed by atoms with Gasteiger partial charge in [-0.25, -0.2) is 0 Å². The molecule has 4 aromatic carbocycles. The largest absolute Gasteiger partial charge is 1.00 e. The molecule has 0 saturated heterocycles. The minimum atomic E-state index is -0.299. The fraction of sp³-hybridized carbons (Fsp3) is 0.0968. The van der Waals surface area contributed by atoms with Crippen LogP contribution < -0.4 is 30.1 Å². The zero-order chi connectivity index (χ0) is 21.9. The summed E-state index contributed by atoms with van der Waals surface area (Å²) in [4.78, 5) is 0. The second-order valence-corrected chi connectivity index (χ2v) is 13.6. The monoisotopic (exact) mass is 544 g/mol. The van der Waals surface area contributed by atoms with E-state index < -0.39 is 0 Å². The molecule has 170 valence electrons. The number of allylic oxidation sites excluding steroid dienone is 2. The van der Waals surface area contributed by atoms with Crippen molar-refractivity contribution in [2.24, 2.45) is 0 Å². The van der Waals surface area contributed by atoms with E-state index in [1.165, 1.54) is 38.9 Å². The molecule has 2 aliphatic carbocycles. The van der Waals surface area contributed by atoms with Gasteiger partial charge in [-0.3, -0.25) is 0 Å². The van der Waals surface area contributed by atoms with Crippen LogP contribution in [0.15, 0.2) is 102 Å². The molecule has 2 bridgehead atoms. The molecule has 0 radical (unpaired) electrons. The Morgan fingerprint density at radius 2 is 1.34 bits per heavy atom. The van der Waals surface area contributed by atoms with Crippen LogP contribution in [0.2, 0.25) is 0 Å². The van der Waals surface area contributed by atoms with E-state index in [1.54, 1.807) is 16.2 Å². The zero-order valence-corrected chi connectivity index (χ0v) is 23.2. The summed E-state index contributed by atoms with van der Waals surface area (Å²) in [7, 11) is -0.298. The molecule has 0 fully saturated rings. The quantitative estimate of drug-likeness (QED) is 0.273. The third-order valence-electron chi connectivity index (χ3n) is 7.34. The first-order valence-electron chi connectivity index (χ1n) is 11.6. The normalized spacial score (nSPS) is 19.9. The van der Waals surface area contributed by atoms with E-state index in [1.807, 2.05) is 0 Å². The minimum absolute atomic E-state index is 0. The Bertz CT molecular complexity index is 1470. The molecule has 3 atom stereocenters. The number of benzene rings is 4. The van der Waals surface area contributed by atoms with Crippen LogP contribution in [0.5, 0.6) is 0 Å². The fourth-order valence-electron chi connectivity index (χ4n) is 5.75. The fourth-order valence-corrected chi connectivity index (χ4v) is 11.6. The Balaban J connectivity index is 0.00000127. The maximum absolute atomic E-state index is 2.57. The summed E-state index contributed by atoms with van der Waals surface area (Å²) in [6.45, 7) is 2.49. The number of fused-ring (bicyclic) bond motifs is 3. The van der Waals surface area contributed by atoms with E-state index in [9.17, 15) is 0 Å². The summed E-state index contributed by atoms with van der Waals surface area (Å²) in [6, 6.07) is 33.9. The van der Waals surface area contributed by atoms with E-state index in [-0.39, 0.29) is 51.9 Å². The average Bonchev–Trinajstić information content (AvgIpc) is 3.42. The van der Waals surface area contributed by atoms with Crippen molar-refractivity contribution in [3.63, 3.8) is 0 Å². The minimum Gasteiger partial charge on any atom is -1.00 e. The summed E-state index contributed by atoms with van der Waals surface area (Å²) in [6.07, 6.45) is 7.48. The van der Waals surface area contributed by atoms with Gasteiger partial charge in [0, 0.05) is 0 Å². The summed E-state index contributed by atoms with van der Waals surface area (Å²) in [5.74, 6) is 0. The molecule has 0 aromatic heterocycles. The van der Waals surface area contributed by atoms with Gasteiger partial charge in [0.15, 0.2) is 0 Å². The van der Waals surface area contributed by atoms with Crippen molar-refractivity contribution in [1.29, 1.82) is 0 Å². The predicted molar refractivity (Wildman–Crippen MR) is 139 cm³/mol. The molecule has 1 aliphatic heterocycles. The molecular formula is C31H23Cl2PTi. The molecule has 7 rings (SSSR count). The average molecular weight is 545 g/mol. The molecule has 3 unspecified atom stereocenters. The van der Waals surface area contributed by atoms with Crippen molar-refractivity contribution in [3.8, 4) is 22.3 Å². The molecule has 0 amide bonds. The van der Waals surface area contributed by atoms with E-state index in [0.29, 0.717) is 8.45 Å². The topological polar surface area (TPSA) is 0 Å². The number of halogens is 2. The molecule has 4 aromatic rings. The van der Waals surface area contributed by atoms with Crippen molar-refractivity contribution in [2.45, 2.75) is 8.45 Å². The van der Waals surface area contributed by atoms with E-state index in [0.717, 1.165) is 0 Å². The summed E-state index contributed by atoms with van der Waals surface area (Å²) < 4.78 is 1.22. The van der Waals surface area contributed by atoms with E-state index in [4.69, 9.17) is 0 Å². The number of hydrogen-bond acceptors (Lipinski definition) is 0. The van der Waals surface area contributed by atoms with Gasteiger partial charge in [0.25, 0.3) is 0 Å². The standard InChI is InChI=1S/C16H12P.C15H11.2ClH.Ti/c1-17-12-9-11-5-4-7-13(15(11)10-12)14-6-2-3-8-16(14)17;1-2-6-12(7-3-1)14-10-4-8-13-9-5-11-15(13)14;;;/h2-10H,1H3;1-11H;2*1H;/q;;;;+2/p-2. The molecule has 0 saturated carbocycles. The first-order valence-corrected chi connectivity index (χ1v) is 15.2. The molecule has 0 spiro atoms. The first kappa shape index (κ1) is 24.8. The summed E-state index contributed by atoms with van der Waals surface area (Å²) >= 11 is -0.299. The third-order valence-corrected chi connectivity index (χ3v) is 12.8. The third kappa shape index (κ3) is 3.92. The molecule has 0 N–H and O–H groups in total. The maximum Gasteiger partial charge on any atom is -1.00 e. The van der Waals surface area contributed by atoms with Gasteiger partial charge in [0.1, 0.15) is 0 Å². The molecule has 3 aliphatic rings. The second kappa shape index (κ2) is 9.86. The van der Waals surface area contributed by atoms with E-state index >= 15 is 0 Å². The van der Waals surface area contributed by atoms with E-state index in [2.05, 4.69) is 116 Å². The summed E-state index contributed by atoms with van der Waals surface area (Å²) in [5.41, 5.74) is 11.6. The van der Waals surface area contributed by atoms with Crippen molar-refractivity contribution in [2.75, 3.05) is 6.66 Å². The van der Waals surface area contributed by atoms with Crippen LogP contribution in [0.3, 0.4) is 0 Å². The molecule has 35 heavy (non-hydrogen) atoms. The Kier molecular flexibility index (Phi) is 6.97. The van der Waals surface area contributed by atoms with Crippen LogP contribution >= 0.6 is 7.92 Å². The zero-order valence-electron chi connectivity index (χ0n) is 19.3. The smallest absolute Gasteiger partial charge is 1.00 e. The van der Waals surface area contributed by atoms with Gasteiger partial charge in [0.05, 0.1) is 0 Å². The van der Waals surface area contributed by atoms with Gasteiger partial charge in [-0.05, 0) is 0 Å². The van der Waals surface area contributed by atoms with Crippen molar-refractivity contribution >= 4 is 25.4 Å². The number of rotatable bonds is 3.